The molecule has 1 fully saturated rings. The van der Waals surface area contributed by atoms with Crippen LogP contribution in [0.2, 0.25) is 0 Å². The highest BCUT2D eigenvalue weighted by Gasteiger charge is 2.30. The fourth-order valence-electron chi connectivity index (χ4n) is 3.08. The van der Waals surface area contributed by atoms with Crippen LogP contribution < -0.4 is 10.2 Å². The molecule has 18 heavy (non-hydrogen) atoms. The zero-order valence-electron chi connectivity index (χ0n) is 11.5. The summed E-state index contributed by atoms with van der Waals surface area (Å²) in [7, 11) is 0. The Morgan fingerprint density at radius 3 is 2.89 bits per heavy atom. The third kappa shape index (κ3) is 3.45. The van der Waals surface area contributed by atoms with Gasteiger partial charge in [0.2, 0.25) is 0 Å². The minimum atomic E-state index is 0.0456. The number of aromatic nitrogens is 1. The van der Waals surface area contributed by atoms with Crippen LogP contribution in [0.3, 0.4) is 0 Å². The van der Waals surface area contributed by atoms with Crippen LogP contribution >= 0.6 is 11.3 Å². The molecule has 4 heteroatoms. The van der Waals surface area contributed by atoms with E-state index in [-0.39, 0.29) is 4.87 Å². The van der Waals surface area contributed by atoms with E-state index < -0.39 is 0 Å². The Hall–Kier alpha value is -0.610. The molecule has 102 valence electrons. The summed E-state index contributed by atoms with van der Waals surface area (Å²) in [6.45, 7) is 7.78. The van der Waals surface area contributed by atoms with Gasteiger partial charge in [-0.05, 0) is 30.6 Å². The first kappa shape index (κ1) is 13.8. The molecule has 1 aliphatic carbocycles. The molecule has 0 saturated heterocycles. The number of rotatable bonds is 4. The Morgan fingerprint density at radius 1 is 1.50 bits per heavy atom. The highest BCUT2D eigenvalue weighted by molar-refractivity contribution is 7.07. The van der Waals surface area contributed by atoms with Gasteiger partial charge < -0.3 is 10.3 Å². The van der Waals surface area contributed by atoms with E-state index in [1.54, 1.807) is 0 Å². The molecule has 0 radical (unpaired) electrons. The van der Waals surface area contributed by atoms with Gasteiger partial charge in [-0.25, -0.2) is 0 Å². The lowest BCUT2D eigenvalue weighted by Crippen LogP contribution is -2.42. The maximum atomic E-state index is 11.1. The van der Waals surface area contributed by atoms with Crippen molar-refractivity contribution in [1.82, 2.24) is 10.3 Å². The lowest BCUT2D eigenvalue weighted by atomic mass is 9.74. The normalized spacial score (nSPS) is 28.8. The Balaban J connectivity index is 1.94. The van der Waals surface area contributed by atoms with Crippen molar-refractivity contribution >= 4 is 11.3 Å². The average Bonchev–Trinajstić information content (AvgIpc) is 2.72. The fourth-order valence-corrected chi connectivity index (χ4v) is 3.66. The first-order chi connectivity index (χ1) is 8.56. The predicted molar refractivity (Wildman–Crippen MR) is 76.9 cm³/mol. The molecular formula is C14H24N2OS. The van der Waals surface area contributed by atoms with Gasteiger partial charge in [0, 0.05) is 23.7 Å². The highest BCUT2D eigenvalue weighted by atomic mass is 32.1. The maximum absolute atomic E-state index is 11.1. The van der Waals surface area contributed by atoms with E-state index in [0.717, 1.165) is 30.0 Å². The van der Waals surface area contributed by atoms with Crippen molar-refractivity contribution in [3.63, 3.8) is 0 Å². The van der Waals surface area contributed by atoms with Crippen molar-refractivity contribution in [2.75, 3.05) is 0 Å². The molecule has 2 rings (SSSR count). The van der Waals surface area contributed by atoms with Gasteiger partial charge >= 0.3 is 4.87 Å². The van der Waals surface area contributed by atoms with Gasteiger partial charge in [-0.1, -0.05) is 38.5 Å². The van der Waals surface area contributed by atoms with Crippen LogP contribution in [0.25, 0.3) is 0 Å². The first-order valence-electron chi connectivity index (χ1n) is 6.96. The molecular weight excluding hydrogens is 244 g/mol. The Labute approximate surface area is 113 Å². The zero-order chi connectivity index (χ0) is 13.1. The van der Waals surface area contributed by atoms with Crippen LogP contribution in [0.15, 0.2) is 10.2 Å². The molecule has 3 unspecified atom stereocenters. The van der Waals surface area contributed by atoms with Crippen LogP contribution in [0.5, 0.6) is 0 Å². The molecule has 0 aliphatic heterocycles. The first-order valence-corrected chi connectivity index (χ1v) is 7.84. The zero-order valence-corrected chi connectivity index (χ0v) is 12.3. The molecule has 0 amide bonds. The summed E-state index contributed by atoms with van der Waals surface area (Å²) >= 11 is 1.25. The number of hydrogen-bond donors (Lipinski definition) is 2. The molecule has 1 saturated carbocycles. The van der Waals surface area contributed by atoms with Gasteiger partial charge in [0.15, 0.2) is 0 Å². The second-order valence-electron chi connectivity index (χ2n) is 5.99. The largest absolute Gasteiger partial charge is 0.315 e. The van der Waals surface area contributed by atoms with Crippen LogP contribution in [0.4, 0.5) is 0 Å². The van der Waals surface area contributed by atoms with E-state index in [1.807, 2.05) is 5.38 Å². The summed E-state index contributed by atoms with van der Waals surface area (Å²) < 4.78 is 0. The molecule has 3 nitrogen and oxygen atoms in total. The molecule has 1 aliphatic rings. The van der Waals surface area contributed by atoms with Gasteiger partial charge in [0.25, 0.3) is 0 Å². The SMILES string of the molecule is CC1CCC(C(C)C)C(NCc2csc(=O)[nH]2)C1. The van der Waals surface area contributed by atoms with E-state index in [2.05, 4.69) is 31.1 Å². The van der Waals surface area contributed by atoms with Crippen LogP contribution in [0.1, 0.15) is 45.7 Å². The van der Waals surface area contributed by atoms with Crippen molar-refractivity contribution in [3.8, 4) is 0 Å². The Morgan fingerprint density at radius 2 is 2.28 bits per heavy atom. The van der Waals surface area contributed by atoms with E-state index >= 15 is 0 Å². The summed E-state index contributed by atoms with van der Waals surface area (Å²) in [6.07, 6.45) is 3.95. The number of nitrogens with one attached hydrogen (secondary N) is 2. The molecule has 1 heterocycles. The Kier molecular flexibility index (Phi) is 4.62. The molecule has 1 aromatic heterocycles. The fraction of sp³-hybridized carbons (Fsp3) is 0.786. The summed E-state index contributed by atoms with van der Waals surface area (Å²) in [5, 5.41) is 5.57. The molecule has 3 atom stereocenters. The van der Waals surface area contributed by atoms with Crippen molar-refractivity contribution in [2.24, 2.45) is 17.8 Å². The summed E-state index contributed by atoms with van der Waals surface area (Å²) in [5.41, 5.74) is 1.02. The summed E-state index contributed by atoms with van der Waals surface area (Å²) in [4.78, 5) is 14.0. The molecule has 0 bridgehead atoms. The monoisotopic (exact) mass is 268 g/mol. The Bertz CT molecular complexity index is 423. The highest BCUT2D eigenvalue weighted by Crippen LogP contribution is 2.33. The van der Waals surface area contributed by atoms with E-state index in [4.69, 9.17) is 0 Å². The standard InChI is InChI=1S/C14H24N2OS/c1-9(2)12-5-4-10(3)6-13(12)15-7-11-8-18-14(17)16-11/h8-10,12-13,15H,4-7H2,1-3H3,(H,16,17). The number of H-pyrrole nitrogens is 1. The predicted octanol–water partition coefficient (Wildman–Crippen LogP) is 2.99. The average molecular weight is 268 g/mol. The van der Waals surface area contributed by atoms with Gasteiger partial charge in [0.05, 0.1) is 0 Å². The van der Waals surface area contributed by atoms with Crippen LogP contribution in [-0.2, 0) is 6.54 Å². The number of aromatic amines is 1. The third-order valence-electron chi connectivity index (χ3n) is 4.15. The van der Waals surface area contributed by atoms with E-state index in [0.29, 0.717) is 6.04 Å². The lowest BCUT2D eigenvalue weighted by Gasteiger charge is -2.38. The molecule has 0 aromatic carbocycles. The molecule has 1 aromatic rings. The lowest BCUT2D eigenvalue weighted by molar-refractivity contribution is 0.169. The van der Waals surface area contributed by atoms with E-state index in [9.17, 15) is 4.79 Å². The van der Waals surface area contributed by atoms with Crippen molar-refractivity contribution in [3.05, 3.63) is 20.7 Å². The molecule has 2 N–H and O–H groups in total. The molecule has 0 spiro atoms. The van der Waals surface area contributed by atoms with Crippen molar-refractivity contribution in [1.29, 1.82) is 0 Å². The summed E-state index contributed by atoms with van der Waals surface area (Å²) in [6, 6.07) is 0.595. The quantitative estimate of drug-likeness (QED) is 0.881. The maximum Gasteiger partial charge on any atom is 0.304 e. The second-order valence-corrected chi connectivity index (χ2v) is 6.83. The van der Waals surface area contributed by atoms with Gasteiger partial charge in [-0.2, -0.15) is 0 Å². The smallest absolute Gasteiger partial charge is 0.304 e. The number of hydrogen-bond acceptors (Lipinski definition) is 3. The van der Waals surface area contributed by atoms with Crippen LogP contribution in [-0.4, -0.2) is 11.0 Å². The summed E-state index contributed by atoms with van der Waals surface area (Å²) in [5.74, 6) is 2.32. The van der Waals surface area contributed by atoms with Crippen LogP contribution in [0, 0.1) is 17.8 Å². The van der Waals surface area contributed by atoms with Gasteiger partial charge in [0.1, 0.15) is 0 Å². The number of thiazole rings is 1. The van der Waals surface area contributed by atoms with E-state index in [1.165, 1.54) is 30.6 Å². The second kappa shape index (κ2) is 6.02. The third-order valence-corrected chi connectivity index (χ3v) is 4.87. The minimum absolute atomic E-state index is 0.0456. The minimum Gasteiger partial charge on any atom is -0.315 e. The van der Waals surface area contributed by atoms with Gasteiger partial charge in [-0.15, -0.1) is 0 Å². The van der Waals surface area contributed by atoms with Crippen molar-refractivity contribution in [2.45, 2.75) is 52.6 Å². The van der Waals surface area contributed by atoms with Gasteiger partial charge in [-0.3, -0.25) is 4.79 Å². The topological polar surface area (TPSA) is 44.9 Å². The van der Waals surface area contributed by atoms with Crippen molar-refractivity contribution < 1.29 is 0 Å².